The van der Waals surface area contributed by atoms with Crippen molar-refractivity contribution in [2.24, 2.45) is 0 Å². The molecular weight excluding hydrogens is 312 g/mol. The van der Waals surface area contributed by atoms with E-state index in [9.17, 15) is 0 Å². The monoisotopic (exact) mass is 334 g/mol. The molecule has 0 atom stereocenters. The summed E-state index contributed by atoms with van der Waals surface area (Å²) in [5.41, 5.74) is 3.62. The van der Waals surface area contributed by atoms with Crippen molar-refractivity contribution in [3.05, 3.63) is 77.5 Å². The lowest BCUT2D eigenvalue weighted by Crippen LogP contribution is -2.06. The molecule has 1 heterocycles. The minimum atomic E-state index is 0.602. The zero-order chi connectivity index (χ0) is 17.5. The first-order valence-electron chi connectivity index (χ1n) is 8.22. The zero-order valence-corrected chi connectivity index (χ0v) is 14.5. The van der Waals surface area contributed by atoms with Crippen molar-refractivity contribution < 1.29 is 4.74 Å². The summed E-state index contributed by atoms with van der Waals surface area (Å²) in [5, 5.41) is 6.57. The average molecular weight is 334 g/mol. The van der Waals surface area contributed by atoms with E-state index in [1.54, 1.807) is 13.3 Å². The quantitative estimate of drug-likeness (QED) is 0.683. The summed E-state index contributed by atoms with van der Waals surface area (Å²) in [5.74, 6) is 2.25. The van der Waals surface area contributed by atoms with Gasteiger partial charge in [0.25, 0.3) is 0 Å². The number of aromatic nitrogens is 2. The van der Waals surface area contributed by atoms with Crippen molar-refractivity contribution in [2.45, 2.75) is 20.0 Å². The maximum Gasteiger partial charge on any atom is 0.224 e. The molecule has 0 aliphatic heterocycles. The SMILES string of the molecule is COc1ccc(CNc2nccc(NCc3ccc(C)cc3)n2)cc1. The molecule has 0 aliphatic rings. The normalized spacial score (nSPS) is 10.3. The van der Waals surface area contributed by atoms with Crippen LogP contribution in [0.2, 0.25) is 0 Å². The highest BCUT2D eigenvalue weighted by Gasteiger charge is 2.01. The number of anilines is 2. The minimum Gasteiger partial charge on any atom is -0.497 e. The lowest BCUT2D eigenvalue weighted by atomic mass is 10.1. The van der Waals surface area contributed by atoms with E-state index >= 15 is 0 Å². The summed E-state index contributed by atoms with van der Waals surface area (Å²) >= 11 is 0. The van der Waals surface area contributed by atoms with Gasteiger partial charge < -0.3 is 15.4 Å². The van der Waals surface area contributed by atoms with Gasteiger partial charge in [0.05, 0.1) is 7.11 Å². The number of nitrogens with one attached hydrogen (secondary N) is 2. The predicted molar refractivity (Wildman–Crippen MR) is 101 cm³/mol. The number of ether oxygens (including phenoxy) is 1. The van der Waals surface area contributed by atoms with Crippen molar-refractivity contribution in [3.63, 3.8) is 0 Å². The second-order valence-corrected chi connectivity index (χ2v) is 5.81. The van der Waals surface area contributed by atoms with E-state index in [0.29, 0.717) is 12.5 Å². The molecule has 0 bridgehead atoms. The zero-order valence-electron chi connectivity index (χ0n) is 14.5. The van der Waals surface area contributed by atoms with Crippen LogP contribution in [-0.4, -0.2) is 17.1 Å². The summed E-state index contributed by atoms with van der Waals surface area (Å²) in [7, 11) is 1.66. The molecule has 3 rings (SSSR count). The fraction of sp³-hybridized carbons (Fsp3) is 0.200. The largest absolute Gasteiger partial charge is 0.497 e. The molecule has 1 aromatic heterocycles. The number of hydrogen-bond donors (Lipinski definition) is 2. The first kappa shape index (κ1) is 16.8. The number of nitrogens with zero attached hydrogens (tertiary/aromatic N) is 2. The lowest BCUT2D eigenvalue weighted by molar-refractivity contribution is 0.414. The minimum absolute atomic E-state index is 0.602. The first-order valence-corrected chi connectivity index (χ1v) is 8.22. The van der Waals surface area contributed by atoms with Crippen LogP contribution >= 0.6 is 0 Å². The first-order chi connectivity index (χ1) is 12.2. The van der Waals surface area contributed by atoms with Gasteiger partial charge in [0.15, 0.2) is 0 Å². The lowest BCUT2D eigenvalue weighted by Gasteiger charge is -2.09. The Morgan fingerprint density at radius 3 is 2.16 bits per heavy atom. The van der Waals surface area contributed by atoms with Crippen LogP contribution in [0.1, 0.15) is 16.7 Å². The van der Waals surface area contributed by atoms with Crippen molar-refractivity contribution in [1.82, 2.24) is 9.97 Å². The van der Waals surface area contributed by atoms with Gasteiger partial charge in [-0.1, -0.05) is 42.0 Å². The Labute approximate surface area is 148 Å². The molecule has 2 aromatic carbocycles. The third kappa shape index (κ3) is 4.94. The van der Waals surface area contributed by atoms with Crippen LogP contribution in [0.3, 0.4) is 0 Å². The van der Waals surface area contributed by atoms with Gasteiger partial charge in [-0.25, -0.2) is 4.98 Å². The van der Waals surface area contributed by atoms with Gasteiger partial charge in [-0.05, 0) is 36.2 Å². The fourth-order valence-corrected chi connectivity index (χ4v) is 2.37. The molecule has 0 spiro atoms. The maximum atomic E-state index is 5.16. The molecule has 2 N–H and O–H groups in total. The highest BCUT2D eigenvalue weighted by molar-refractivity contribution is 5.41. The third-order valence-electron chi connectivity index (χ3n) is 3.86. The molecule has 5 heteroatoms. The summed E-state index contributed by atoms with van der Waals surface area (Å²) in [6.45, 7) is 3.48. The van der Waals surface area contributed by atoms with E-state index in [0.717, 1.165) is 23.7 Å². The molecule has 0 saturated heterocycles. The summed E-state index contributed by atoms with van der Waals surface area (Å²) in [6, 6.07) is 18.2. The van der Waals surface area contributed by atoms with Gasteiger partial charge in [-0.15, -0.1) is 0 Å². The molecule has 0 amide bonds. The third-order valence-corrected chi connectivity index (χ3v) is 3.86. The van der Waals surface area contributed by atoms with Crippen molar-refractivity contribution in [2.75, 3.05) is 17.7 Å². The van der Waals surface area contributed by atoms with Crippen LogP contribution in [0.15, 0.2) is 60.8 Å². The number of aryl methyl sites for hydroxylation is 1. The number of methoxy groups -OCH3 is 1. The van der Waals surface area contributed by atoms with Gasteiger partial charge in [-0.2, -0.15) is 4.98 Å². The molecule has 3 aromatic rings. The maximum absolute atomic E-state index is 5.16. The van der Waals surface area contributed by atoms with Crippen LogP contribution in [0.5, 0.6) is 5.75 Å². The molecule has 128 valence electrons. The molecule has 0 fully saturated rings. The van der Waals surface area contributed by atoms with E-state index < -0.39 is 0 Å². The van der Waals surface area contributed by atoms with Gasteiger partial charge in [0.2, 0.25) is 5.95 Å². The Balaban J connectivity index is 1.56. The van der Waals surface area contributed by atoms with Crippen LogP contribution < -0.4 is 15.4 Å². The second kappa shape index (κ2) is 8.15. The van der Waals surface area contributed by atoms with E-state index in [-0.39, 0.29) is 0 Å². The Kier molecular flexibility index (Phi) is 5.46. The van der Waals surface area contributed by atoms with E-state index in [2.05, 4.69) is 51.8 Å². The molecule has 0 aliphatic carbocycles. The summed E-state index contributed by atoms with van der Waals surface area (Å²) in [6.07, 6.45) is 1.75. The highest BCUT2D eigenvalue weighted by atomic mass is 16.5. The Bertz CT molecular complexity index is 801. The van der Waals surface area contributed by atoms with E-state index in [1.807, 2.05) is 30.3 Å². The number of benzene rings is 2. The molecular formula is C20H22N4O. The van der Waals surface area contributed by atoms with Crippen molar-refractivity contribution >= 4 is 11.8 Å². The van der Waals surface area contributed by atoms with E-state index in [1.165, 1.54) is 11.1 Å². The average Bonchev–Trinajstić information content (AvgIpc) is 2.67. The van der Waals surface area contributed by atoms with Crippen LogP contribution in [0.25, 0.3) is 0 Å². The van der Waals surface area contributed by atoms with Gasteiger partial charge in [0.1, 0.15) is 11.6 Å². The highest BCUT2D eigenvalue weighted by Crippen LogP contribution is 2.13. The Morgan fingerprint density at radius 1 is 0.840 bits per heavy atom. The number of rotatable bonds is 7. The van der Waals surface area contributed by atoms with Gasteiger partial charge in [0, 0.05) is 19.3 Å². The summed E-state index contributed by atoms with van der Waals surface area (Å²) < 4.78 is 5.16. The molecule has 0 saturated carbocycles. The van der Waals surface area contributed by atoms with Crippen LogP contribution in [0.4, 0.5) is 11.8 Å². The number of hydrogen-bond acceptors (Lipinski definition) is 5. The molecule has 0 unspecified atom stereocenters. The smallest absolute Gasteiger partial charge is 0.224 e. The fourth-order valence-electron chi connectivity index (χ4n) is 2.37. The predicted octanol–water partition coefficient (Wildman–Crippen LogP) is 4.02. The van der Waals surface area contributed by atoms with Gasteiger partial charge >= 0.3 is 0 Å². The molecule has 5 nitrogen and oxygen atoms in total. The second-order valence-electron chi connectivity index (χ2n) is 5.81. The molecule has 0 radical (unpaired) electrons. The van der Waals surface area contributed by atoms with Crippen molar-refractivity contribution in [3.8, 4) is 5.75 Å². The topological polar surface area (TPSA) is 59.1 Å². The van der Waals surface area contributed by atoms with Crippen LogP contribution in [0, 0.1) is 6.92 Å². The standard InChI is InChI=1S/C20H22N4O/c1-15-3-5-16(6-4-15)13-22-19-11-12-21-20(24-19)23-14-17-7-9-18(25-2)10-8-17/h3-12H,13-14H2,1-2H3,(H2,21,22,23,24). The Hall–Kier alpha value is -3.08. The van der Waals surface area contributed by atoms with Gasteiger partial charge in [-0.3, -0.25) is 0 Å². The molecule has 25 heavy (non-hydrogen) atoms. The van der Waals surface area contributed by atoms with E-state index in [4.69, 9.17) is 4.74 Å². The van der Waals surface area contributed by atoms with Crippen molar-refractivity contribution in [1.29, 1.82) is 0 Å². The van der Waals surface area contributed by atoms with Crippen LogP contribution in [-0.2, 0) is 13.1 Å². The Morgan fingerprint density at radius 2 is 1.48 bits per heavy atom. The summed E-state index contributed by atoms with van der Waals surface area (Å²) in [4.78, 5) is 8.76.